The molecule has 2 heterocycles. The summed E-state index contributed by atoms with van der Waals surface area (Å²) in [6.07, 6.45) is -1.23. The van der Waals surface area contributed by atoms with E-state index in [-0.39, 0.29) is 5.95 Å². The normalized spacial score (nSPS) is 11.2. The molecule has 4 aromatic rings. The zero-order valence-electron chi connectivity index (χ0n) is 13.4. The van der Waals surface area contributed by atoms with Crippen molar-refractivity contribution in [1.82, 2.24) is 20.2 Å². The Labute approximate surface area is 144 Å². The molecule has 1 amide bonds. The summed E-state index contributed by atoms with van der Waals surface area (Å²) in [5.74, 6) is -0.380. The fraction of sp³-hybridized carbons (Fsp3) is 0.0588. The van der Waals surface area contributed by atoms with E-state index in [2.05, 4.69) is 25.5 Å². The van der Waals surface area contributed by atoms with Gasteiger partial charge in [-0.3, -0.25) is 10.1 Å². The molecule has 2 aromatic heterocycles. The van der Waals surface area contributed by atoms with Crippen LogP contribution in [-0.2, 0) is 0 Å². The van der Waals surface area contributed by atoms with E-state index >= 15 is 0 Å². The number of nitrogens with one attached hydrogen (secondary N) is 3. The van der Waals surface area contributed by atoms with Crippen LogP contribution in [0.25, 0.3) is 33.1 Å². The number of halogens is 1. The van der Waals surface area contributed by atoms with Crippen LogP contribution in [0.5, 0.6) is 0 Å². The number of anilines is 1. The van der Waals surface area contributed by atoms with Gasteiger partial charge in [0.25, 0.3) is 5.56 Å². The largest absolute Gasteiger partial charge is 0.465 e. The summed E-state index contributed by atoms with van der Waals surface area (Å²) in [4.78, 5) is 29.8. The van der Waals surface area contributed by atoms with Gasteiger partial charge in [-0.15, -0.1) is 0 Å². The van der Waals surface area contributed by atoms with Crippen molar-refractivity contribution in [3.05, 3.63) is 52.1 Å². The minimum Gasteiger partial charge on any atom is -0.465 e. The molecule has 0 atom stereocenters. The molecule has 0 spiro atoms. The molecule has 0 aliphatic carbocycles. The van der Waals surface area contributed by atoms with Gasteiger partial charge in [-0.1, -0.05) is 0 Å². The third-order valence-electron chi connectivity index (χ3n) is 4.04. The first-order valence-corrected chi connectivity index (χ1v) is 7.61. The number of hydrogen-bond donors (Lipinski definition) is 4. The minimum absolute atomic E-state index is 0.0954. The molecule has 0 aliphatic heterocycles. The molecule has 4 N–H and O–H groups in total. The molecule has 0 unspecified atom stereocenters. The summed E-state index contributed by atoms with van der Waals surface area (Å²) < 4.78 is 13.7. The van der Waals surface area contributed by atoms with Crippen molar-refractivity contribution in [2.75, 3.05) is 5.32 Å². The van der Waals surface area contributed by atoms with Crippen molar-refractivity contribution in [1.29, 1.82) is 0 Å². The molecule has 0 aliphatic rings. The van der Waals surface area contributed by atoms with Gasteiger partial charge in [0.1, 0.15) is 5.82 Å². The van der Waals surface area contributed by atoms with E-state index in [1.165, 1.54) is 18.2 Å². The van der Waals surface area contributed by atoms with E-state index in [9.17, 15) is 14.0 Å². The summed E-state index contributed by atoms with van der Waals surface area (Å²) in [5.41, 5.74) is 2.59. The second-order valence-corrected chi connectivity index (χ2v) is 5.79. The van der Waals surface area contributed by atoms with Crippen LogP contribution in [-0.4, -0.2) is 31.4 Å². The molecule has 0 fully saturated rings. The number of aryl methyl sites for hydroxylation is 1. The van der Waals surface area contributed by atoms with E-state index in [1.807, 2.05) is 6.92 Å². The maximum atomic E-state index is 13.7. The molecule has 130 valence electrons. The maximum absolute atomic E-state index is 13.7. The lowest BCUT2D eigenvalue weighted by Crippen LogP contribution is -2.09. The van der Waals surface area contributed by atoms with Crippen molar-refractivity contribution in [2.24, 2.45) is 0 Å². The summed E-state index contributed by atoms with van der Waals surface area (Å²) >= 11 is 0. The highest BCUT2D eigenvalue weighted by atomic mass is 19.1. The van der Waals surface area contributed by atoms with Gasteiger partial charge >= 0.3 is 6.09 Å². The average Bonchev–Trinajstić information content (AvgIpc) is 2.97. The lowest BCUT2D eigenvalue weighted by atomic mass is 10.0. The number of nitrogens with zero attached hydrogens (tertiary/aromatic N) is 2. The highest BCUT2D eigenvalue weighted by Crippen LogP contribution is 2.29. The number of carboxylic acid groups (broad SMARTS) is 1. The van der Waals surface area contributed by atoms with Crippen LogP contribution >= 0.6 is 0 Å². The first-order valence-electron chi connectivity index (χ1n) is 7.61. The number of H-pyrrole nitrogens is 2. The topological polar surface area (TPSA) is 124 Å². The third-order valence-corrected chi connectivity index (χ3v) is 4.04. The molecule has 0 bridgehead atoms. The van der Waals surface area contributed by atoms with Crippen molar-refractivity contribution < 1.29 is 14.3 Å². The molecular formula is C17H12FN5O3. The highest BCUT2D eigenvalue weighted by molar-refractivity contribution is 5.96. The second kappa shape index (κ2) is 5.66. The van der Waals surface area contributed by atoms with Crippen molar-refractivity contribution >= 4 is 33.8 Å². The molecule has 26 heavy (non-hydrogen) atoms. The van der Waals surface area contributed by atoms with E-state index in [4.69, 9.17) is 5.11 Å². The van der Waals surface area contributed by atoms with Gasteiger partial charge in [-0.2, -0.15) is 5.10 Å². The van der Waals surface area contributed by atoms with Crippen LogP contribution in [0.3, 0.4) is 0 Å². The quantitative estimate of drug-likeness (QED) is 0.441. The molecule has 8 nitrogen and oxygen atoms in total. The number of amides is 1. The number of imidazole rings is 1. The first-order chi connectivity index (χ1) is 12.4. The zero-order chi connectivity index (χ0) is 18.4. The summed E-state index contributed by atoms with van der Waals surface area (Å²) in [6, 6.07) is 7.37. The number of fused-ring (bicyclic) bond motifs is 2. The summed E-state index contributed by atoms with van der Waals surface area (Å²) in [5, 5.41) is 18.2. The number of rotatable bonds is 2. The van der Waals surface area contributed by atoms with Crippen molar-refractivity contribution in [3.63, 3.8) is 0 Å². The van der Waals surface area contributed by atoms with Gasteiger partial charge in [0.2, 0.25) is 5.95 Å². The molecule has 0 saturated heterocycles. The molecular weight excluding hydrogens is 341 g/mol. The summed E-state index contributed by atoms with van der Waals surface area (Å²) in [7, 11) is 0. The Morgan fingerprint density at radius 3 is 2.81 bits per heavy atom. The van der Waals surface area contributed by atoms with Crippen LogP contribution in [0.4, 0.5) is 15.1 Å². The fourth-order valence-electron chi connectivity index (χ4n) is 2.94. The molecule has 4 rings (SSSR count). The Morgan fingerprint density at radius 1 is 1.23 bits per heavy atom. The van der Waals surface area contributed by atoms with Gasteiger partial charge in [-0.05, 0) is 42.8 Å². The number of hydrogen-bond acceptors (Lipinski definition) is 4. The monoisotopic (exact) mass is 353 g/mol. The SMILES string of the molecule is Cc1cc(-c2n[nH]c(=O)c3ccc(F)cc23)cc2nc(NC(=O)O)[nH]c12. The van der Waals surface area contributed by atoms with Gasteiger partial charge in [0, 0.05) is 10.9 Å². The van der Waals surface area contributed by atoms with Gasteiger partial charge in [0.05, 0.1) is 22.1 Å². The van der Waals surface area contributed by atoms with E-state index in [1.54, 1.807) is 12.1 Å². The lowest BCUT2D eigenvalue weighted by molar-refractivity contribution is 0.209. The second-order valence-electron chi connectivity index (χ2n) is 5.79. The van der Waals surface area contributed by atoms with E-state index in [0.717, 1.165) is 5.56 Å². The van der Waals surface area contributed by atoms with Gasteiger partial charge < -0.3 is 10.1 Å². The van der Waals surface area contributed by atoms with Crippen molar-refractivity contribution in [2.45, 2.75) is 6.92 Å². The predicted molar refractivity (Wildman–Crippen MR) is 93.8 cm³/mol. The van der Waals surface area contributed by atoms with Crippen LogP contribution < -0.4 is 10.9 Å². The Kier molecular flexibility index (Phi) is 3.43. The third kappa shape index (κ3) is 2.55. The highest BCUT2D eigenvalue weighted by Gasteiger charge is 2.14. The Bertz CT molecular complexity index is 1240. The van der Waals surface area contributed by atoms with Crippen LogP contribution in [0.1, 0.15) is 5.56 Å². The Balaban J connectivity index is 1.96. The minimum atomic E-state index is -1.23. The average molecular weight is 353 g/mol. The molecule has 9 heteroatoms. The number of benzene rings is 2. The number of aromatic nitrogens is 4. The van der Waals surface area contributed by atoms with Gasteiger partial charge in [-0.25, -0.2) is 19.3 Å². The Morgan fingerprint density at radius 2 is 2.04 bits per heavy atom. The molecule has 0 radical (unpaired) electrons. The van der Waals surface area contributed by atoms with Crippen molar-refractivity contribution in [3.8, 4) is 11.3 Å². The zero-order valence-corrected chi connectivity index (χ0v) is 13.4. The lowest BCUT2D eigenvalue weighted by Gasteiger charge is -2.07. The summed E-state index contributed by atoms with van der Waals surface area (Å²) in [6.45, 7) is 1.82. The number of aromatic amines is 2. The Hall–Kier alpha value is -3.75. The smallest absolute Gasteiger partial charge is 0.411 e. The fourth-order valence-corrected chi connectivity index (χ4v) is 2.94. The first kappa shape index (κ1) is 15.8. The molecule has 0 saturated carbocycles. The van der Waals surface area contributed by atoms with E-state index in [0.29, 0.717) is 33.1 Å². The predicted octanol–water partition coefficient (Wildman–Crippen LogP) is 3.00. The van der Waals surface area contributed by atoms with Crippen LogP contribution in [0, 0.1) is 12.7 Å². The van der Waals surface area contributed by atoms with Crippen LogP contribution in [0.15, 0.2) is 35.1 Å². The number of carbonyl (C=O) groups is 1. The molecule has 2 aromatic carbocycles. The standard InChI is InChI=1S/C17H12FN5O3/c1-7-4-8(5-12-13(7)20-16(19-12)21-17(25)26)14-11-6-9(18)2-3-10(11)15(24)23-22-14/h2-6H,1H3,(H,23,24)(H,25,26)(H2,19,20,21). The van der Waals surface area contributed by atoms with E-state index < -0.39 is 17.5 Å². The van der Waals surface area contributed by atoms with Crippen LogP contribution in [0.2, 0.25) is 0 Å². The van der Waals surface area contributed by atoms with Gasteiger partial charge in [0.15, 0.2) is 0 Å². The maximum Gasteiger partial charge on any atom is 0.411 e.